The summed E-state index contributed by atoms with van der Waals surface area (Å²) in [5.74, 6) is -1.42. The lowest BCUT2D eigenvalue weighted by Gasteiger charge is -2.24. The largest absolute Gasteiger partial charge is 0.382 e. The van der Waals surface area contributed by atoms with Crippen LogP contribution < -0.4 is 22.3 Å². The molecule has 1 aliphatic rings. The van der Waals surface area contributed by atoms with Gasteiger partial charge in [-0.3, -0.25) is 9.36 Å². The topological polar surface area (TPSA) is 172 Å². The quantitative estimate of drug-likeness (QED) is 0.344. The van der Waals surface area contributed by atoms with E-state index in [9.17, 15) is 28.5 Å². The molecule has 1 atom stereocenters. The van der Waals surface area contributed by atoms with Gasteiger partial charge in [-0.05, 0) is 49.1 Å². The van der Waals surface area contributed by atoms with E-state index in [0.717, 1.165) is 16.7 Å². The van der Waals surface area contributed by atoms with Crippen LogP contribution in [0.15, 0.2) is 41.2 Å². The molecule has 0 unspecified atom stereocenters. The van der Waals surface area contributed by atoms with Gasteiger partial charge in [0.25, 0.3) is 12.0 Å². The number of rotatable bonds is 6. The molecule has 0 radical (unpaired) electrons. The van der Waals surface area contributed by atoms with Crippen molar-refractivity contribution in [2.75, 3.05) is 16.8 Å². The zero-order valence-electron chi connectivity index (χ0n) is 19.5. The predicted molar refractivity (Wildman–Crippen MR) is 132 cm³/mol. The molecule has 38 heavy (non-hydrogen) atoms. The van der Waals surface area contributed by atoms with E-state index in [1.807, 2.05) is 12.1 Å². The number of hydrogen-bond donors (Lipinski definition) is 3. The average molecular weight is 517 g/mol. The van der Waals surface area contributed by atoms with Crippen LogP contribution in [0.25, 0.3) is 16.6 Å². The van der Waals surface area contributed by atoms with Crippen LogP contribution in [0.1, 0.15) is 47.8 Å². The number of nitrogens with one attached hydrogen (secondary N) is 1. The molecule has 1 saturated carbocycles. The number of nitrogens with zero attached hydrogens (tertiary/aromatic N) is 6. The smallest absolute Gasteiger partial charge is 0.267 e. The Morgan fingerprint density at radius 1 is 1.08 bits per heavy atom. The fraction of sp³-hybridized carbons (Fsp3) is 0.200. The predicted octanol–water partition coefficient (Wildman–Crippen LogP) is 3.72. The SMILES string of the molecule is N#Cc1c(N)nc(N)nc1N[C@H](c1nc2cccc(C#N)c2c(=O)n1-c1cc(F)cc(C(F)F)c1)C1CC1. The highest BCUT2D eigenvalue weighted by Crippen LogP contribution is 2.43. The molecule has 13 heteroatoms. The molecule has 2 heterocycles. The minimum absolute atomic E-state index is 0.00594. The Bertz CT molecular complexity index is 1740. The second-order valence-electron chi connectivity index (χ2n) is 8.73. The molecule has 10 nitrogen and oxygen atoms in total. The molecule has 0 amide bonds. The highest BCUT2D eigenvalue weighted by atomic mass is 19.3. The van der Waals surface area contributed by atoms with Gasteiger partial charge in [0.2, 0.25) is 5.95 Å². The number of nitriles is 2. The number of fused-ring (bicyclic) bond motifs is 1. The average Bonchev–Trinajstić information content (AvgIpc) is 3.71. The molecule has 5 rings (SSSR count). The van der Waals surface area contributed by atoms with Crippen LogP contribution in [0.5, 0.6) is 0 Å². The van der Waals surface area contributed by atoms with Crippen LogP contribution >= 0.6 is 0 Å². The van der Waals surface area contributed by atoms with Crippen molar-refractivity contribution >= 4 is 28.5 Å². The van der Waals surface area contributed by atoms with Crippen molar-refractivity contribution in [2.45, 2.75) is 25.3 Å². The van der Waals surface area contributed by atoms with Crippen molar-refractivity contribution in [1.29, 1.82) is 10.5 Å². The lowest BCUT2D eigenvalue weighted by Crippen LogP contribution is -2.30. The lowest BCUT2D eigenvalue weighted by molar-refractivity contribution is 0.151. The van der Waals surface area contributed by atoms with E-state index in [2.05, 4.69) is 20.3 Å². The first kappa shape index (κ1) is 24.5. The monoisotopic (exact) mass is 517 g/mol. The number of benzene rings is 2. The Balaban J connectivity index is 1.82. The number of nitrogens with two attached hydrogens (primary N) is 2. The van der Waals surface area contributed by atoms with Crippen LogP contribution in [-0.2, 0) is 0 Å². The third-order valence-corrected chi connectivity index (χ3v) is 6.19. The van der Waals surface area contributed by atoms with E-state index in [1.165, 1.54) is 12.1 Å². The van der Waals surface area contributed by atoms with E-state index in [4.69, 9.17) is 11.5 Å². The molecule has 190 valence electrons. The van der Waals surface area contributed by atoms with E-state index < -0.39 is 29.4 Å². The lowest BCUT2D eigenvalue weighted by atomic mass is 10.1. The summed E-state index contributed by atoms with van der Waals surface area (Å²) in [5.41, 5.74) is 10.1. The van der Waals surface area contributed by atoms with Gasteiger partial charge in [0, 0.05) is 5.56 Å². The summed E-state index contributed by atoms with van der Waals surface area (Å²) >= 11 is 0. The Morgan fingerprint density at radius 3 is 2.50 bits per heavy atom. The number of halogens is 3. The molecule has 2 aromatic heterocycles. The minimum Gasteiger partial charge on any atom is -0.382 e. The van der Waals surface area contributed by atoms with E-state index in [1.54, 1.807) is 6.07 Å². The number of alkyl halides is 2. The van der Waals surface area contributed by atoms with Gasteiger partial charge in [-0.25, -0.2) is 18.2 Å². The second-order valence-corrected chi connectivity index (χ2v) is 8.73. The van der Waals surface area contributed by atoms with Gasteiger partial charge < -0.3 is 16.8 Å². The second kappa shape index (κ2) is 9.37. The summed E-state index contributed by atoms with van der Waals surface area (Å²) in [6, 6.07) is 10.2. The molecule has 5 N–H and O–H groups in total. The van der Waals surface area contributed by atoms with Gasteiger partial charge in [-0.1, -0.05) is 6.07 Å². The van der Waals surface area contributed by atoms with Crippen LogP contribution in [0.4, 0.5) is 30.8 Å². The van der Waals surface area contributed by atoms with Gasteiger partial charge in [-0.15, -0.1) is 0 Å². The number of anilines is 3. The summed E-state index contributed by atoms with van der Waals surface area (Å²) in [4.78, 5) is 26.4. The number of hydrogen-bond acceptors (Lipinski definition) is 9. The molecular formula is C25H18F3N9O. The zero-order valence-corrected chi connectivity index (χ0v) is 19.5. The molecule has 0 bridgehead atoms. The Labute approximate surface area is 213 Å². The van der Waals surface area contributed by atoms with E-state index in [-0.39, 0.29) is 57.0 Å². The van der Waals surface area contributed by atoms with Crippen molar-refractivity contribution in [3.63, 3.8) is 0 Å². The number of aromatic nitrogens is 4. The molecule has 1 fully saturated rings. The molecule has 0 aliphatic heterocycles. The summed E-state index contributed by atoms with van der Waals surface area (Å²) in [6.45, 7) is 0. The fourth-order valence-corrected chi connectivity index (χ4v) is 4.33. The summed E-state index contributed by atoms with van der Waals surface area (Å²) in [7, 11) is 0. The van der Waals surface area contributed by atoms with Crippen LogP contribution in [0.2, 0.25) is 0 Å². The minimum atomic E-state index is -3.01. The standard InChI is InChI=1S/C25H18F3N9O/c26-14-6-13(20(27)28)7-15(8-14)37-23(33-17-3-1-2-12(9-29)18(17)24(37)38)19(11-4-5-11)34-22-16(10-30)21(31)35-25(32)36-22/h1-3,6-8,11,19-20H,4-5H2,(H5,31,32,34,35,36)/t19-/m0/s1. The van der Waals surface area contributed by atoms with Crippen molar-refractivity contribution in [1.82, 2.24) is 19.5 Å². The van der Waals surface area contributed by atoms with Crippen LogP contribution in [0.3, 0.4) is 0 Å². The van der Waals surface area contributed by atoms with Gasteiger partial charge >= 0.3 is 0 Å². The third kappa shape index (κ3) is 4.30. The molecule has 4 aromatic rings. The normalized spacial score (nSPS) is 13.7. The van der Waals surface area contributed by atoms with Crippen molar-refractivity contribution < 1.29 is 13.2 Å². The molecule has 2 aromatic carbocycles. The highest BCUT2D eigenvalue weighted by Gasteiger charge is 2.37. The Hall–Kier alpha value is -5.17. The molecule has 1 aliphatic carbocycles. The molecule has 0 spiro atoms. The first-order valence-corrected chi connectivity index (χ1v) is 11.4. The third-order valence-electron chi connectivity index (χ3n) is 6.19. The van der Waals surface area contributed by atoms with Crippen LogP contribution in [-0.4, -0.2) is 19.5 Å². The van der Waals surface area contributed by atoms with Gasteiger partial charge in [0.1, 0.15) is 35.2 Å². The van der Waals surface area contributed by atoms with Crippen LogP contribution in [0, 0.1) is 34.4 Å². The van der Waals surface area contributed by atoms with E-state index >= 15 is 0 Å². The highest BCUT2D eigenvalue weighted by molar-refractivity contribution is 5.84. The maximum absolute atomic E-state index is 14.5. The zero-order chi connectivity index (χ0) is 27.1. The molecular weight excluding hydrogens is 499 g/mol. The summed E-state index contributed by atoms with van der Waals surface area (Å²) in [6.07, 6.45) is -1.60. The Kier molecular flexibility index (Phi) is 6.04. The fourth-order valence-electron chi connectivity index (χ4n) is 4.33. The van der Waals surface area contributed by atoms with Gasteiger partial charge in [0.05, 0.1) is 28.2 Å². The molecule has 0 saturated heterocycles. The summed E-state index contributed by atoms with van der Waals surface area (Å²) < 4.78 is 42.6. The van der Waals surface area contributed by atoms with E-state index in [0.29, 0.717) is 18.9 Å². The maximum Gasteiger partial charge on any atom is 0.267 e. The summed E-state index contributed by atoms with van der Waals surface area (Å²) in [5, 5.41) is 22.2. The maximum atomic E-state index is 14.5. The number of nitrogen functional groups attached to an aromatic ring is 2. The van der Waals surface area contributed by atoms with Gasteiger partial charge in [-0.2, -0.15) is 20.5 Å². The first-order chi connectivity index (χ1) is 18.2. The van der Waals surface area contributed by atoms with Crippen molar-refractivity contribution in [2.24, 2.45) is 5.92 Å². The first-order valence-electron chi connectivity index (χ1n) is 11.4. The van der Waals surface area contributed by atoms with Crippen molar-refractivity contribution in [3.8, 4) is 17.8 Å². The Morgan fingerprint density at radius 2 is 1.84 bits per heavy atom. The van der Waals surface area contributed by atoms with Crippen molar-refractivity contribution in [3.05, 3.63) is 75.1 Å². The van der Waals surface area contributed by atoms with Gasteiger partial charge in [0.15, 0.2) is 5.82 Å².